The van der Waals surface area contributed by atoms with Crippen molar-refractivity contribution in [3.8, 4) is 0 Å². The number of rotatable bonds is 4. The number of hydrogen-bond acceptors (Lipinski definition) is 4. The van der Waals surface area contributed by atoms with Gasteiger partial charge in [-0.05, 0) is 38.1 Å². The van der Waals surface area contributed by atoms with E-state index in [1.165, 1.54) is 68.7 Å². The van der Waals surface area contributed by atoms with Gasteiger partial charge in [0.05, 0.1) is 0 Å². The maximum Gasteiger partial charge on any atom is 0.156 e. The van der Waals surface area contributed by atoms with Gasteiger partial charge in [0, 0.05) is 31.4 Å². The molecule has 1 spiro atoms. The molecule has 1 aliphatic heterocycles. The van der Waals surface area contributed by atoms with E-state index in [0.717, 1.165) is 25.7 Å². The van der Waals surface area contributed by atoms with Crippen molar-refractivity contribution in [3.63, 3.8) is 0 Å². The van der Waals surface area contributed by atoms with Gasteiger partial charge in [-0.1, -0.05) is 43.9 Å². The fourth-order valence-corrected chi connectivity index (χ4v) is 5.31. The van der Waals surface area contributed by atoms with Crippen LogP contribution in [0.5, 0.6) is 0 Å². The lowest BCUT2D eigenvalue weighted by molar-refractivity contribution is 0.232. The summed E-state index contributed by atoms with van der Waals surface area (Å²) in [4.78, 5) is 7.39. The Morgan fingerprint density at radius 2 is 1.95 bits per heavy atom. The van der Waals surface area contributed by atoms with Crippen molar-refractivity contribution in [1.29, 1.82) is 0 Å². The summed E-state index contributed by atoms with van der Waals surface area (Å²) in [6.45, 7) is 3.27. The molecule has 0 amide bonds. The van der Waals surface area contributed by atoms with Gasteiger partial charge in [-0.15, -0.1) is 0 Å². The third kappa shape index (κ3) is 4.16. The third-order valence-electron chi connectivity index (χ3n) is 5.68. The van der Waals surface area contributed by atoms with Crippen LogP contribution in [0.1, 0.15) is 57.8 Å². The highest BCUT2D eigenvalue weighted by molar-refractivity contribution is 8.13. The molecule has 1 heterocycles. The van der Waals surface area contributed by atoms with E-state index in [-0.39, 0.29) is 0 Å². The first-order valence-electron chi connectivity index (χ1n) is 8.89. The van der Waals surface area contributed by atoms with Crippen LogP contribution < -0.4 is 5.32 Å². The second kappa shape index (κ2) is 7.36. The molecule has 2 fully saturated rings. The molecule has 0 aromatic rings. The molecule has 0 atom stereocenters. The molecule has 2 aliphatic carbocycles. The van der Waals surface area contributed by atoms with Gasteiger partial charge in [0.1, 0.15) is 0 Å². The number of amidine groups is 1. The summed E-state index contributed by atoms with van der Waals surface area (Å²) in [6.07, 6.45) is 12.7. The Bertz CT molecular complexity index is 357. The van der Waals surface area contributed by atoms with Crippen LogP contribution in [-0.4, -0.2) is 48.5 Å². The molecule has 0 bridgehead atoms. The molecule has 2 saturated carbocycles. The summed E-state index contributed by atoms with van der Waals surface area (Å²) in [5.74, 6) is 1.29. The summed E-state index contributed by atoms with van der Waals surface area (Å²) in [5, 5.41) is 4.77. The summed E-state index contributed by atoms with van der Waals surface area (Å²) in [6, 6.07) is 0.832. The van der Waals surface area contributed by atoms with E-state index in [1.54, 1.807) is 0 Å². The molecule has 0 saturated heterocycles. The van der Waals surface area contributed by atoms with E-state index >= 15 is 0 Å². The Morgan fingerprint density at radius 1 is 1.19 bits per heavy atom. The third-order valence-corrected chi connectivity index (χ3v) is 6.98. The minimum atomic E-state index is 0.550. The molecule has 0 aromatic heterocycles. The number of nitrogens with zero attached hydrogens (tertiary/aromatic N) is 2. The van der Waals surface area contributed by atoms with Crippen molar-refractivity contribution < 1.29 is 0 Å². The first-order valence-corrected chi connectivity index (χ1v) is 9.87. The number of nitrogens with one attached hydrogen (secondary N) is 1. The van der Waals surface area contributed by atoms with Gasteiger partial charge in [0.25, 0.3) is 0 Å². The van der Waals surface area contributed by atoms with E-state index in [4.69, 9.17) is 4.99 Å². The Balaban J connectivity index is 1.38. The first kappa shape index (κ1) is 15.7. The van der Waals surface area contributed by atoms with Crippen LogP contribution in [0, 0.1) is 5.41 Å². The van der Waals surface area contributed by atoms with E-state index in [1.807, 2.05) is 11.8 Å². The van der Waals surface area contributed by atoms with Gasteiger partial charge < -0.3 is 10.2 Å². The number of aliphatic imine (C=N–C) groups is 1. The van der Waals surface area contributed by atoms with Crippen LogP contribution in [0.15, 0.2) is 4.99 Å². The lowest BCUT2D eigenvalue weighted by Gasteiger charge is -2.38. The summed E-state index contributed by atoms with van der Waals surface area (Å²) < 4.78 is 0. The summed E-state index contributed by atoms with van der Waals surface area (Å²) >= 11 is 1.97. The second-order valence-electron chi connectivity index (χ2n) is 7.32. The molecule has 1 N–H and O–H groups in total. The summed E-state index contributed by atoms with van der Waals surface area (Å²) in [5.41, 5.74) is 0.550. The average Bonchev–Trinajstić information content (AvgIpc) is 3.05. The van der Waals surface area contributed by atoms with Crippen LogP contribution in [0.3, 0.4) is 0 Å². The maximum atomic E-state index is 4.85. The molecule has 0 radical (unpaired) electrons. The standard InChI is InChI=1S/C17H31N3S/c1-20(15-7-3-4-8-15)12-11-18-16-19-13-17(14-21-16)9-5-2-6-10-17/h15H,2-14H2,1H3,(H,18,19). The predicted molar refractivity (Wildman–Crippen MR) is 93.2 cm³/mol. The van der Waals surface area contributed by atoms with Gasteiger partial charge in [-0.3, -0.25) is 4.99 Å². The summed E-state index contributed by atoms with van der Waals surface area (Å²) in [7, 11) is 2.28. The van der Waals surface area contributed by atoms with Crippen LogP contribution in [0.2, 0.25) is 0 Å². The van der Waals surface area contributed by atoms with Crippen molar-refractivity contribution in [2.24, 2.45) is 10.4 Å². The minimum absolute atomic E-state index is 0.550. The highest BCUT2D eigenvalue weighted by Gasteiger charge is 2.34. The van der Waals surface area contributed by atoms with Crippen LogP contribution >= 0.6 is 11.8 Å². The molecular formula is C17H31N3S. The number of hydrogen-bond donors (Lipinski definition) is 1. The van der Waals surface area contributed by atoms with Crippen LogP contribution in [0.4, 0.5) is 0 Å². The van der Waals surface area contributed by atoms with E-state index in [2.05, 4.69) is 17.3 Å². The fourth-order valence-electron chi connectivity index (χ4n) is 4.13. The van der Waals surface area contributed by atoms with Crippen molar-refractivity contribution in [2.45, 2.75) is 63.8 Å². The zero-order valence-electron chi connectivity index (χ0n) is 13.6. The molecule has 4 heteroatoms. The largest absolute Gasteiger partial charge is 0.364 e. The van der Waals surface area contributed by atoms with Gasteiger partial charge >= 0.3 is 0 Å². The zero-order chi connectivity index (χ0) is 14.5. The molecule has 120 valence electrons. The molecule has 21 heavy (non-hydrogen) atoms. The zero-order valence-corrected chi connectivity index (χ0v) is 14.4. The Morgan fingerprint density at radius 3 is 2.62 bits per heavy atom. The highest BCUT2D eigenvalue weighted by atomic mass is 32.2. The normalized spacial score (nSPS) is 26.3. The van der Waals surface area contributed by atoms with Crippen molar-refractivity contribution in [3.05, 3.63) is 0 Å². The van der Waals surface area contributed by atoms with Gasteiger partial charge in [-0.2, -0.15) is 0 Å². The van der Waals surface area contributed by atoms with Crippen LogP contribution in [0.25, 0.3) is 0 Å². The topological polar surface area (TPSA) is 27.6 Å². The Kier molecular flexibility index (Phi) is 5.49. The van der Waals surface area contributed by atoms with Crippen molar-refractivity contribution >= 4 is 16.9 Å². The van der Waals surface area contributed by atoms with Crippen LogP contribution in [-0.2, 0) is 0 Å². The number of likely N-dealkylation sites (N-methyl/N-ethyl adjacent to an activating group) is 1. The van der Waals surface area contributed by atoms with Crippen molar-refractivity contribution in [2.75, 3.05) is 32.4 Å². The fraction of sp³-hybridized carbons (Fsp3) is 0.941. The van der Waals surface area contributed by atoms with E-state index in [0.29, 0.717) is 5.41 Å². The van der Waals surface area contributed by atoms with E-state index in [9.17, 15) is 0 Å². The maximum absolute atomic E-state index is 4.85. The first-order chi connectivity index (χ1) is 10.3. The second-order valence-corrected chi connectivity index (χ2v) is 8.28. The highest BCUT2D eigenvalue weighted by Crippen LogP contribution is 2.41. The Hall–Kier alpha value is -0.220. The number of thioether (sulfide) groups is 1. The lowest BCUT2D eigenvalue weighted by Crippen LogP contribution is -2.40. The smallest absolute Gasteiger partial charge is 0.156 e. The average molecular weight is 310 g/mol. The predicted octanol–water partition coefficient (Wildman–Crippen LogP) is 3.50. The molecule has 3 aliphatic rings. The molecule has 0 aromatic carbocycles. The molecule has 3 rings (SSSR count). The van der Waals surface area contributed by atoms with Crippen molar-refractivity contribution in [1.82, 2.24) is 10.2 Å². The lowest BCUT2D eigenvalue weighted by atomic mass is 9.75. The van der Waals surface area contributed by atoms with Gasteiger partial charge in [0.15, 0.2) is 5.17 Å². The van der Waals surface area contributed by atoms with Gasteiger partial charge in [0.2, 0.25) is 0 Å². The Labute approximate surface area is 134 Å². The molecule has 0 unspecified atom stereocenters. The minimum Gasteiger partial charge on any atom is -0.364 e. The molecular weight excluding hydrogens is 278 g/mol. The quantitative estimate of drug-likeness (QED) is 0.861. The molecule has 3 nitrogen and oxygen atoms in total. The SMILES string of the molecule is CN(CCNC1=NCC2(CCCCC2)CS1)C1CCCC1. The monoisotopic (exact) mass is 309 g/mol. The van der Waals surface area contributed by atoms with Gasteiger partial charge in [-0.25, -0.2) is 0 Å². The van der Waals surface area contributed by atoms with E-state index < -0.39 is 0 Å².